The molecule has 2 fully saturated rings. The molecule has 1 unspecified atom stereocenters. The highest BCUT2D eigenvalue weighted by molar-refractivity contribution is 5.79. The third kappa shape index (κ3) is 4.81. The van der Waals surface area contributed by atoms with Gasteiger partial charge in [-0.25, -0.2) is 0 Å². The summed E-state index contributed by atoms with van der Waals surface area (Å²) >= 11 is 0. The molecular formula is C20H29NO3. The third-order valence-corrected chi connectivity index (χ3v) is 5.39. The Morgan fingerprint density at radius 3 is 2.50 bits per heavy atom. The molecule has 4 nitrogen and oxygen atoms in total. The number of hydrogen-bond acceptors (Lipinski definition) is 3. The molecule has 0 aromatic heterocycles. The van der Waals surface area contributed by atoms with Gasteiger partial charge in [-0.2, -0.15) is 0 Å². The van der Waals surface area contributed by atoms with Crippen LogP contribution in [-0.4, -0.2) is 35.9 Å². The second kappa shape index (κ2) is 8.63. The monoisotopic (exact) mass is 331 g/mol. The smallest absolute Gasteiger partial charge is 0.223 e. The number of carbonyl (C=O) groups is 1. The van der Waals surface area contributed by atoms with Crippen molar-refractivity contribution in [1.29, 1.82) is 0 Å². The third-order valence-electron chi connectivity index (χ3n) is 5.39. The molecule has 1 amide bonds. The molecule has 24 heavy (non-hydrogen) atoms. The van der Waals surface area contributed by atoms with Crippen LogP contribution >= 0.6 is 0 Å². The molecule has 0 aliphatic heterocycles. The molecule has 132 valence electrons. The number of aliphatic hydroxyl groups is 1. The number of aliphatic hydroxyl groups excluding tert-OH is 1. The summed E-state index contributed by atoms with van der Waals surface area (Å²) in [5.74, 6) is 0.234. The Kier molecular flexibility index (Phi) is 6.27. The summed E-state index contributed by atoms with van der Waals surface area (Å²) in [4.78, 5) is 12.3. The van der Waals surface area contributed by atoms with E-state index in [1.807, 2.05) is 6.07 Å². The highest BCUT2D eigenvalue weighted by Crippen LogP contribution is 2.27. The van der Waals surface area contributed by atoms with Crippen molar-refractivity contribution in [3.8, 4) is 0 Å². The van der Waals surface area contributed by atoms with E-state index in [2.05, 4.69) is 29.6 Å². The zero-order chi connectivity index (χ0) is 16.8. The van der Waals surface area contributed by atoms with Crippen molar-refractivity contribution in [3.05, 3.63) is 35.9 Å². The Hall–Kier alpha value is -1.39. The summed E-state index contributed by atoms with van der Waals surface area (Å²) in [6, 6.07) is 10.6. The average molecular weight is 331 g/mol. The zero-order valence-corrected chi connectivity index (χ0v) is 14.3. The fourth-order valence-electron chi connectivity index (χ4n) is 3.63. The van der Waals surface area contributed by atoms with Gasteiger partial charge in [0, 0.05) is 12.5 Å². The number of rotatable bonds is 7. The van der Waals surface area contributed by atoms with Crippen LogP contribution in [0.15, 0.2) is 30.3 Å². The SMILES string of the molecule is O=C(N[C@@H]1CCC1OCCCc1ccccc1)C1CCC(O)CC1. The Labute approximate surface area is 144 Å². The van der Waals surface area contributed by atoms with Gasteiger partial charge in [-0.05, 0) is 56.9 Å². The molecule has 3 rings (SSSR count). The summed E-state index contributed by atoms with van der Waals surface area (Å²) in [6.07, 6.45) is 7.20. The van der Waals surface area contributed by atoms with Crippen LogP contribution in [0.2, 0.25) is 0 Å². The minimum atomic E-state index is -0.210. The molecule has 0 radical (unpaired) electrons. The van der Waals surface area contributed by atoms with E-state index >= 15 is 0 Å². The standard InChI is InChI=1S/C20H29NO3/c22-17-10-8-16(9-11-17)20(23)21-18-12-13-19(18)24-14-4-7-15-5-2-1-3-6-15/h1-3,5-6,16-19,22H,4,7-14H2,(H,21,23)/t16?,17?,18-,19?/m1/s1. The van der Waals surface area contributed by atoms with Crippen LogP contribution < -0.4 is 5.32 Å². The maximum Gasteiger partial charge on any atom is 0.223 e. The molecule has 4 heteroatoms. The molecular weight excluding hydrogens is 302 g/mol. The highest BCUT2D eigenvalue weighted by Gasteiger charge is 2.35. The van der Waals surface area contributed by atoms with Crippen molar-refractivity contribution in [1.82, 2.24) is 5.32 Å². The van der Waals surface area contributed by atoms with Crippen LogP contribution in [0.5, 0.6) is 0 Å². The van der Waals surface area contributed by atoms with E-state index in [-0.39, 0.29) is 30.1 Å². The average Bonchev–Trinajstić information content (AvgIpc) is 2.60. The van der Waals surface area contributed by atoms with E-state index in [1.54, 1.807) is 0 Å². The molecule has 2 saturated carbocycles. The lowest BCUT2D eigenvalue weighted by Gasteiger charge is -2.38. The minimum absolute atomic E-state index is 0.0766. The van der Waals surface area contributed by atoms with E-state index in [0.717, 1.165) is 58.0 Å². The normalized spacial score (nSPS) is 29.7. The van der Waals surface area contributed by atoms with Crippen LogP contribution in [0, 0.1) is 5.92 Å². The van der Waals surface area contributed by atoms with E-state index < -0.39 is 0 Å². The quantitative estimate of drug-likeness (QED) is 0.755. The van der Waals surface area contributed by atoms with Crippen molar-refractivity contribution in [2.24, 2.45) is 5.92 Å². The number of nitrogens with one attached hydrogen (secondary N) is 1. The van der Waals surface area contributed by atoms with Crippen molar-refractivity contribution >= 4 is 5.91 Å². The number of ether oxygens (including phenoxy) is 1. The molecule has 2 atom stereocenters. The number of carbonyl (C=O) groups excluding carboxylic acids is 1. The van der Waals surface area contributed by atoms with E-state index in [9.17, 15) is 9.90 Å². The molecule has 0 heterocycles. The fraction of sp³-hybridized carbons (Fsp3) is 0.650. The summed E-state index contributed by atoms with van der Waals surface area (Å²) in [6.45, 7) is 0.752. The van der Waals surface area contributed by atoms with Gasteiger partial charge >= 0.3 is 0 Å². The van der Waals surface area contributed by atoms with E-state index in [1.165, 1.54) is 5.56 Å². The summed E-state index contributed by atoms with van der Waals surface area (Å²) < 4.78 is 5.96. The fourth-order valence-corrected chi connectivity index (χ4v) is 3.63. The Morgan fingerprint density at radius 1 is 1.08 bits per heavy atom. The molecule has 0 bridgehead atoms. The number of amides is 1. The van der Waals surface area contributed by atoms with Crippen LogP contribution in [0.25, 0.3) is 0 Å². The van der Waals surface area contributed by atoms with Crippen LogP contribution in [0.3, 0.4) is 0 Å². The van der Waals surface area contributed by atoms with Gasteiger partial charge in [-0.3, -0.25) is 4.79 Å². The number of benzene rings is 1. The lowest BCUT2D eigenvalue weighted by molar-refractivity contribution is -0.130. The summed E-state index contributed by atoms with van der Waals surface area (Å²) in [5, 5.41) is 12.7. The van der Waals surface area contributed by atoms with Gasteiger partial charge in [0.25, 0.3) is 0 Å². The van der Waals surface area contributed by atoms with E-state index in [4.69, 9.17) is 4.74 Å². The molecule has 0 saturated heterocycles. The molecule has 2 N–H and O–H groups in total. The Morgan fingerprint density at radius 2 is 1.83 bits per heavy atom. The molecule has 2 aliphatic rings. The number of hydrogen-bond donors (Lipinski definition) is 2. The maximum absolute atomic E-state index is 12.3. The Bertz CT molecular complexity index is 511. The largest absolute Gasteiger partial charge is 0.393 e. The topological polar surface area (TPSA) is 58.6 Å². The van der Waals surface area contributed by atoms with Gasteiger partial charge in [-0.1, -0.05) is 30.3 Å². The first-order valence-electron chi connectivity index (χ1n) is 9.36. The predicted octanol–water partition coefficient (Wildman–Crippen LogP) is 2.83. The van der Waals surface area contributed by atoms with Crippen LogP contribution in [-0.2, 0) is 16.0 Å². The summed E-state index contributed by atoms with van der Waals surface area (Å²) in [7, 11) is 0. The second-order valence-electron chi connectivity index (χ2n) is 7.20. The Balaban J connectivity index is 1.32. The zero-order valence-electron chi connectivity index (χ0n) is 14.3. The lowest BCUT2D eigenvalue weighted by Crippen LogP contribution is -2.53. The maximum atomic E-state index is 12.3. The molecule has 1 aromatic carbocycles. The van der Waals surface area contributed by atoms with Crippen molar-refractivity contribution in [2.45, 2.75) is 69.6 Å². The first-order chi connectivity index (χ1) is 11.7. The van der Waals surface area contributed by atoms with Gasteiger partial charge in [0.1, 0.15) is 0 Å². The van der Waals surface area contributed by atoms with Gasteiger partial charge in [-0.15, -0.1) is 0 Å². The van der Waals surface area contributed by atoms with Gasteiger partial charge in [0.15, 0.2) is 0 Å². The van der Waals surface area contributed by atoms with E-state index in [0.29, 0.717) is 0 Å². The lowest BCUT2D eigenvalue weighted by atomic mass is 9.84. The molecule has 2 aliphatic carbocycles. The molecule has 0 spiro atoms. The van der Waals surface area contributed by atoms with Crippen molar-refractivity contribution in [3.63, 3.8) is 0 Å². The van der Waals surface area contributed by atoms with Gasteiger partial charge < -0.3 is 15.2 Å². The number of aryl methyl sites for hydroxylation is 1. The predicted molar refractivity (Wildman–Crippen MR) is 93.6 cm³/mol. The van der Waals surface area contributed by atoms with Crippen LogP contribution in [0.4, 0.5) is 0 Å². The van der Waals surface area contributed by atoms with Gasteiger partial charge in [0.05, 0.1) is 18.2 Å². The van der Waals surface area contributed by atoms with Crippen molar-refractivity contribution < 1.29 is 14.6 Å². The first kappa shape index (κ1) is 17.4. The van der Waals surface area contributed by atoms with Crippen molar-refractivity contribution in [2.75, 3.05) is 6.61 Å². The van der Waals surface area contributed by atoms with Gasteiger partial charge in [0.2, 0.25) is 5.91 Å². The second-order valence-corrected chi connectivity index (χ2v) is 7.20. The first-order valence-corrected chi connectivity index (χ1v) is 9.36. The van der Waals surface area contributed by atoms with Crippen LogP contribution in [0.1, 0.15) is 50.5 Å². The molecule has 1 aromatic rings. The minimum Gasteiger partial charge on any atom is -0.393 e. The summed E-state index contributed by atoms with van der Waals surface area (Å²) in [5.41, 5.74) is 1.35. The highest BCUT2D eigenvalue weighted by atomic mass is 16.5.